The lowest BCUT2D eigenvalue weighted by atomic mass is 10.2. The number of carbonyl (C=O) groups excluding carboxylic acids is 1. The van der Waals surface area contributed by atoms with Crippen molar-refractivity contribution >= 4 is 46.6 Å². The second-order valence-electron chi connectivity index (χ2n) is 4.23. The molecular formula is C15H10Cl2N2O3. The Bertz CT molecular complexity index is 740. The van der Waals surface area contributed by atoms with E-state index in [1.54, 1.807) is 24.3 Å². The third-order valence-corrected chi connectivity index (χ3v) is 3.42. The maximum atomic E-state index is 11.9. The Morgan fingerprint density at radius 2 is 1.73 bits per heavy atom. The van der Waals surface area contributed by atoms with Gasteiger partial charge < -0.3 is 5.32 Å². The zero-order valence-electron chi connectivity index (χ0n) is 11.1. The van der Waals surface area contributed by atoms with Crippen LogP contribution in [0, 0.1) is 10.1 Å². The number of benzene rings is 2. The molecule has 1 N–H and O–H groups in total. The number of nitrogens with one attached hydrogen (secondary N) is 1. The number of nitro groups is 1. The van der Waals surface area contributed by atoms with Crippen LogP contribution >= 0.6 is 23.2 Å². The van der Waals surface area contributed by atoms with Crippen LogP contribution in [-0.4, -0.2) is 10.8 Å². The molecule has 1 amide bonds. The highest BCUT2D eigenvalue weighted by Gasteiger charge is 2.13. The van der Waals surface area contributed by atoms with E-state index in [1.807, 2.05) is 0 Å². The van der Waals surface area contributed by atoms with Crippen molar-refractivity contribution in [1.82, 2.24) is 0 Å². The van der Waals surface area contributed by atoms with Crippen molar-refractivity contribution in [2.75, 3.05) is 5.32 Å². The average molecular weight is 337 g/mol. The van der Waals surface area contributed by atoms with Crippen LogP contribution in [0.25, 0.3) is 6.08 Å². The van der Waals surface area contributed by atoms with E-state index in [4.69, 9.17) is 23.2 Å². The van der Waals surface area contributed by atoms with Crippen LogP contribution in [-0.2, 0) is 4.79 Å². The molecule has 5 nitrogen and oxygen atoms in total. The third-order valence-electron chi connectivity index (χ3n) is 2.76. The number of amides is 1. The molecule has 2 aromatic rings. The van der Waals surface area contributed by atoms with Crippen LogP contribution in [0.4, 0.5) is 11.4 Å². The normalized spacial score (nSPS) is 10.6. The number of hydrogen-bond acceptors (Lipinski definition) is 3. The molecule has 0 saturated heterocycles. The number of halogens is 2. The lowest BCUT2D eigenvalue weighted by Gasteiger charge is -2.03. The van der Waals surface area contributed by atoms with Crippen molar-refractivity contribution in [3.8, 4) is 0 Å². The van der Waals surface area contributed by atoms with Gasteiger partial charge in [-0.15, -0.1) is 0 Å². The molecule has 0 radical (unpaired) electrons. The molecule has 0 unspecified atom stereocenters. The maximum Gasteiger partial charge on any atom is 0.292 e. The lowest BCUT2D eigenvalue weighted by Crippen LogP contribution is -2.09. The molecule has 22 heavy (non-hydrogen) atoms. The van der Waals surface area contributed by atoms with E-state index >= 15 is 0 Å². The van der Waals surface area contributed by atoms with Gasteiger partial charge in [-0.3, -0.25) is 14.9 Å². The summed E-state index contributed by atoms with van der Waals surface area (Å²) in [7, 11) is 0. The van der Waals surface area contributed by atoms with Gasteiger partial charge in [0.25, 0.3) is 5.69 Å². The highest BCUT2D eigenvalue weighted by molar-refractivity contribution is 6.37. The van der Waals surface area contributed by atoms with E-state index in [0.29, 0.717) is 15.6 Å². The molecule has 0 bridgehead atoms. The molecule has 0 aliphatic heterocycles. The topological polar surface area (TPSA) is 72.2 Å². The van der Waals surface area contributed by atoms with Crippen LogP contribution in [0.3, 0.4) is 0 Å². The van der Waals surface area contributed by atoms with Crippen LogP contribution in [0.1, 0.15) is 5.56 Å². The van der Waals surface area contributed by atoms with Gasteiger partial charge in [0.05, 0.1) is 4.92 Å². The molecule has 112 valence electrons. The van der Waals surface area contributed by atoms with Crippen LogP contribution in [0.5, 0.6) is 0 Å². The van der Waals surface area contributed by atoms with E-state index < -0.39 is 10.8 Å². The summed E-state index contributed by atoms with van der Waals surface area (Å²) >= 11 is 12.0. The number of nitrogens with zero attached hydrogens (tertiary/aromatic N) is 1. The number of nitro benzene ring substituents is 1. The Hall–Kier alpha value is -2.37. The molecule has 0 fully saturated rings. The summed E-state index contributed by atoms with van der Waals surface area (Å²) in [5.74, 6) is -0.523. The third kappa shape index (κ3) is 3.84. The monoisotopic (exact) mass is 336 g/mol. The molecule has 2 aromatic carbocycles. The van der Waals surface area contributed by atoms with E-state index in [2.05, 4.69) is 5.32 Å². The number of hydrogen-bond donors (Lipinski definition) is 1. The predicted molar refractivity (Wildman–Crippen MR) is 87.2 cm³/mol. The van der Waals surface area contributed by atoms with Gasteiger partial charge in [-0.25, -0.2) is 0 Å². The fraction of sp³-hybridized carbons (Fsp3) is 0. The Kier molecular flexibility index (Phi) is 5.14. The summed E-state index contributed by atoms with van der Waals surface area (Å²) in [6.07, 6.45) is 2.67. The molecule has 0 aromatic heterocycles. The minimum Gasteiger partial charge on any atom is -0.317 e. The van der Waals surface area contributed by atoms with Gasteiger partial charge in [-0.1, -0.05) is 41.4 Å². The van der Waals surface area contributed by atoms with Gasteiger partial charge in [0.15, 0.2) is 0 Å². The Morgan fingerprint density at radius 3 is 2.36 bits per heavy atom. The first-order valence-electron chi connectivity index (χ1n) is 6.15. The van der Waals surface area contributed by atoms with Crippen molar-refractivity contribution in [1.29, 1.82) is 0 Å². The predicted octanol–water partition coefficient (Wildman–Crippen LogP) is 4.55. The molecule has 0 aliphatic rings. The smallest absolute Gasteiger partial charge is 0.292 e. The Balaban J connectivity index is 2.17. The second-order valence-corrected chi connectivity index (χ2v) is 5.05. The summed E-state index contributed by atoms with van der Waals surface area (Å²) in [6.45, 7) is 0. The maximum absolute atomic E-state index is 11.9. The molecule has 2 rings (SSSR count). The quantitative estimate of drug-likeness (QED) is 0.505. The van der Waals surface area contributed by atoms with E-state index in [9.17, 15) is 14.9 Å². The SMILES string of the molecule is O=C(/C=C/c1c(Cl)cccc1Cl)Nc1ccccc1[N+](=O)[O-]. The summed E-state index contributed by atoms with van der Waals surface area (Å²) < 4.78 is 0. The summed E-state index contributed by atoms with van der Waals surface area (Å²) in [4.78, 5) is 22.2. The van der Waals surface area contributed by atoms with E-state index in [1.165, 1.54) is 30.4 Å². The molecular weight excluding hydrogens is 327 g/mol. The van der Waals surface area contributed by atoms with Crippen molar-refractivity contribution in [3.05, 3.63) is 74.3 Å². The second kappa shape index (κ2) is 7.06. The first-order valence-corrected chi connectivity index (χ1v) is 6.91. The molecule has 0 atom stereocenters. The van der Waals surface area contributed by atoms with Crippen molar-refractivity contribution < 1.29 is 9.72 Å². The zero-order chi connectivity index (χ0) is 16.1. The molecule has 0 saturated carbocycles. The minimum atomic E-state index is -0.565. The van der Waals surface area contributed by atoms with Gasteiger partial charge in [-0.05, 0) is 24.3 Å². The van der Waals surface area contributed by atoms with Gasteiger partial charge >= 0.3 is 0 Å². The van der Waals surface area contributed by atoms with Gasteiger partial charge in [0.2, 0.25) is 5.91 Å². The van der Waals surface area contributed by atoms with Crippen molar-refractivity contribution in [2.24, 2.45) is 0 Å². The molecule has 0 heterocycles. The standard InChI is InChI=1S/C15H10Cl2N2O3/c16-11-4-3-5-12(17)10(11)8-9-15(20)18-13-6-1-2-7-14(13)19(21)22/h1-9H,(H,18,20)/b9-8+. The molecule has 7 heteroatoms. The summed E-state index contributed by atoms with van der Waals surface area (Å²) in [5.41, 5.74) is 0.441. The van der Waals surface area contributed by atoms with Crippen molar-refractivity contribution in [2.45, 2.75) is 0 Å². The van der Waals surface area contributed by atoms with Gasteiger partial charge in [-0.2, -0.15) is 0 Å². The van der Waals surface area contributed by atoms with Crippen LogP contribution < -0.4 is 5.32 Å². The van der Waals surface area contributed by atoms with Gasteiger partial charge in [0.1, 0.15) is 5.69 Å². The molecule has 0 aliphatic carbocycles. The fourth-order valence-electron chi connectivity index (χ4n) is 1.74. The Labute approximate surface area is 136 Å². The Morgan fingerprint density at radius 1 is 1.09 bits per heavy atom. The first-order chi connectivity index (χ1) is 10.5. The molecule has 0 spiro atoms. The highest BCUT2D eigenvalue weighted by atomic mass is 35.5. The zero-order valence-corrected chi connectivity index (χ0v) is 12.6. The summed E-state index contributed by atoms with van der Waals surface area (Å²) in [5, 5.41) is 14.1. The van der Waals surface area contributed by atoms with Crippen LogP contribution in [0.2, 0.25) is 10.0 Å². The number of anilines is 1. The first kappa shape index (κ1) is 16.0. The largest absolute Gasteiger partial charge is 0.317 e. The van der Waals surface area contributed by atoms with E-state index in [0.717, 1.165) is 0 Å². The van der Waals surface area contributed by atoms with E-state index in [-0.39, 0.29) is 11.4 Å². The highest BCUT2D eigenvalue weighted by Crippen LogP contribution is 2.26. The van der Waals surface area contributed by atoms with Crippen molar-refractivity contribution in [3.63, 3.8) is 0 Å². The summed E-state index contributed by atoms with van der Waals surface area (Å²) in [6, 6.07) is 10.9. The number of rotatable bonds is 4. The lowest BCUT2D eigenvalue weighted by molar-refractivity contribution is -0.383. The number of carbonyl (C=O) groups is 1. The van der Waals surface area contributed by atoms with Crippen LogP contribution in [0.15, 0.2) is 48.5 Å². The van der Waals surface area contributed by atoms with Gasteiger partial charge in [0, 0.05) is 27.8 Å². The number of para-hydroxylation sites is 2. The fourth-order valence-corrected chi connectivity index (χ4v) is 2.27. The average Bonchev–Trinajstić information content (AvgIpc) is 2.47. The minimum absolute atomic E-state index is 0.118.